The average Bonchev–Trinajstić information content (AvgIpc) is 2.68. The maximum atomic E-state index is 12.7. The van der Waals surface area contributed by atoms with Gasteiger partial charge >= 0.3 is 0 Å². The molecule has 0 saturated carbocycles. The maximum Gasteiger partial charge on any atom is 0.261 e. The lowest BCUT2D eigenvalue weighted by Crippen LogP contribution is -2.13. The van der Waals surface area contributed by atoms with Gasteiger partial charge in [-0.05, 0) is 61.9 Å². The fourth-order valence-electron chi connectivity index (χ4n) is 2.82. The Morgan fingerprint density at radius 1 is 0.933 bits per heavy atom. The van der Waals surface area contributed by atoms with Crippen LogP contribution >= 0.6 is 0 Å². The van der Waals surface area contributed by atoms with Crippen molar-refractivity contribution in [3.05, 3.63) is 59.8 Å². The van der Waals surface area contributed by atoms with Gasteiger partial charge < -0.3 is 15.0 Å². The second-order valence-corrected chi connectivity index (χ2v) is 8.71. The minimum absolute atomic E-state index is 0.173. The van der Waals surface area contributed by atoms with Gasteiger partial charge in [0.15, 0.2) is 0 Å². The maximum absolute atomic E-state index is 12.7. The molecule has 0 aliphatic carbocycles. The lowest BCUT2D eigenvalue weighted by atomic mass is 10.2. The van der Waals surface area contributed by atoms with Gasteiger partial charge in [-0.1, -0.05) is 0 Å². The van der Waals surface area contributed by atoms with E-state index in [-0.39, 0.29) is 4.90 Å². The van der Waals surface area contributed by atoms with Crippen LogP contribution in [0.2, 0.25) is 0 Å². The van der Waals surface area contributed by atoms with Crippen LogP contribution in [0.3, 0.4) is 0 Å². The van der Waals surface area contributed by atoms with E-state index in [1.54, 1.807) is 50.4 Å². The molecule has 158 valence electrons. The molecule has 0 amide bonds. The number of hydrogen-bond acceptors (Lipinski definition) is 7. The summed E-state index contributed by atoms with van der Waals surface area (Å²) in [6.45, 7) is 3.70. The molecular formula is C21H25N5O3S. The van der Waals surface area contributed by atoms with Crippen LogP contribution in [0.4, 0.5) is 23.1 Å². The zero-order chi connectivity index (χ0) is 21.9. The summed E-state index contributed by atoms with van der Waals surface area (Å²) >= 11 is 0. The van der Waals surface area contributed by atoms with E-state index in [0.717, 1.165) is 22.8 Å². The number of aryl methyl sites for hydroxylation is 2. The Bertz CT molecular complexity index is 1150. The van der Waals surface area contributed by atoms with E-state index in [1.807, 2.05) is 32.0 Å². The second-order valence-electron chi connectivity index (χ2n) is 7.02. The lowest BCUT2D eigenvalue weighted by molar-refractivity contribution is 0.411. The normalized spacial score (nSPS) is 11.1. The first-order valence-electron chi connectivity index (χ1n) is 9.25. The van der Waals surface area contributed by atoms with E-state index >= 15 is 0 Å². The molecule has 0 unspecified atom stereocenters. The van der Waals surface area contributed by atoms with Crippen molar-refractivity contribution in [2.24, 2.45) is 0 Å². The van der Waals surface area contributed by atoms with Gasteiger partial charge in [-0.3, -0.25) is 4.72 Å². The fraction of sp³-hybridized carbons (Fsp3) is 0.238. The van der Waals surface area contributed by atoms with Gasteiger partial charge in [-0.2, -0.15) is 4.98 Å². The Kier molecular flexibility index (Phi) is 6.12. The molecule has 8 nitrogen and oxygen atoms in total. The zero-order valence-corrected chi connectivity index (χ0v) is 18.4. The van der Waals surface area contributed by atoms with Crippen LogP contribution in [0.5, 0.6) is 5.75 Å². The van der Waals surface area contributed by atoms with Crippen molar-refractivity contribution in [3.63, 3.8) is 0 Å². The number of aromatic nitrogens is 2. The summed E-state index contributed by atoms with van der Waals surface area (Å²) in [6.07, 6.45) is 0. The molecule has 1 aromatic heterocycles. The number of nitrogens with one attached hydrogen (secondary N) is 2. The third-order valence-corrected chi connectivity index (χ3v) is 5.75. The first kappa shape index (κ1) is 21.4. The molecule has 0 fully saturated rings. The van der Waals surface area contributed by atoms with Crippen LogP contribution < -0.4 is 19.7 Å². The number of anilines is 4. The molecule has 0 aliphatic rings. The first-order valence-corrected chi connectivity index (χ1v) is 10.7. The highest BCUT2D eigenvalue weighted by molar-refractivity contribution is 7.92. The van der Waals surface area contributed by atoms with Gasteiger partial charge in [0.05, 0.1) is 12.0 Å². The monoisotopic (exact) mass is 427 g/mol. The van der Waals surface area contributed by atoms with Crippen molar-refractivity contribution in [1.29, 1.82) is 0 Å². The van der Waals surface area contributed by atoms with Crippen LogP contribution in [-0.2, 0) is 10.0 Å². The zero-order valence-electron chi connectivity index (χ0n) is 17.6. The summed E-state index contributed by atoms with van der Waals surface area (Å²) in [5.74, 6) is 1.91. The number of rotatable bonds is 7. The Balaban J connectivity index is 1.75. The number of sulfonamides is 1. The highest BCUT2D eigenvalue weighted by atomic mass is 32.2. The highest BCUT2D eigenvalue weighted by Gasteiger charge is 2.16. The number of ether oxygens (including phenoxy) is 1. The summed E-state index contributed by atoms with van der Waals surface area (Å²) in [7, 11) is 1.67. The predicted molar refractivity (Wildman–Crippen MR) is 119 cm³/mol. The van der Waals surface area contributed by atoms with Gasteiger partial charge in [0.1, 0.15) is 11.6 Å². The van der Waals surface area contributed by atoms with Crippen molar-refractivity contribution in [1.82, 2.24) is 9.97 Å². The van der Waals surface area contributed by atoms with E-state index in [2.05, 4.69) is 20.0 Å². The van der Waals surface area contributed by atoms with Gasteiger partial charge in [0, 0.05) is 37.2 Å². The van der Waals surface area contributed by atoms with Crippen molar-refractivity contribution >= 4 is 33.2 Å². The van der Waals surface area contributed by atoms with E-state index in [0.29, 0.717) is 17.4 Å². The van der Waals surface area contributed by atoms with Crippen molar-refractivity contribution in [3.8, 4) is 5.75 Å². The van der Waals surface area contributed by atoms with Crippen LogP contribution in [0.25, 0.3) is 0 Å². The van der Waals surface area contributed by atoms with Gasteiger partial charge in [-0.25, -0.2) is 13.4 Å². The molecule has 1 heterocycles. The fourth-order valence-corrected chi connectivity index (χ4v) is 3.96. The van der Waals surface area contributed by atoms with Crippen LogP contribution in [0.1, 0.15) is 11.3 Å². The molecule has 9 heteroatoms. The standard InChI is InChI=1S/C21H25N5O3S/c1-14-12-18(10-11-19(14)29-5)30(27,28)25-17-8-6-16(7-9-17)23-21-22-15(2)13-20(24-21)26(3)4/h6-13,25H,1-5H3,(H,22,23,24). The molecule has 0 radical (unpaired) electrons. The first-order chi connectivity index (χ1) is 14.2. The van der Waals surface area contributed by atoms with Crippen LogP contribution in [0.15, 0.2) is 53.4 Å². The summed E-state index contributed by atoms with van der Waals surface area (Å²) in [5.41, 5.74) is 2.78. The topological polar surface area (TPSA) is 96.5 Å². The summed E-state index contributed by atoms with van der Waals surface area (Å²) in [6, 6.07) is 13.5. The van der Waals surface area contributed by atoms with Gasteiger partial charge in [0.25, 0.3) is 10.0 Å². The number of methoxy groups -OCH3 is 1. The quantitative estimate of drug-likeness (QED) is 0.593. The second kappa shape index (κ2) is 8.58. The molecule has 2 N–H and O–H groups in total. The molecule has 2 aromatic carbocycles. The Morgan fingerprint density at radius 3 is 2.20 bits per heavy atom. The molecule has 0 saturated heterocycles. The smallest absolute Gasteiger partial charge is 0.261 e. The highest BCUT2D eigenvalue weighted by Crippen LogP contribution is 2.24. The molecule has 0 spiro atoms. The third kappa shape index (κ3) is 4.98. The van der Waals surface area contributed by atoms with Crippen molar-refractivity contribution in [2.45, 2.75) is 18.7 Å². The minimum atomic E-state index is -3.71. The molecule has 3 rings (SSSR count). The van der Waals surface area contributed by atoms with Crippen molar-refractivity contribution in [2.75, 3.05) is 36.1 Å². The van der Waals surface area contributed by atoms with Gasteiger partial charge in [0.2, 0.25) is 5.95 Å². The SMILES string of the molecule is COc1ccc(S(=O)(=O)Nc2ccc(Nc3nc(C)cc(N(C)C)n3)cc2)cc1C. The molecular weight excluding hydrogens is 402 g/mol. The van der Waals surface area contributed by atoms with Crippen molar-refractivity contribution < 1.29 is 13.2 Å². The summed E-state index contributed by atoms with van der Waals surface area (Å²) in [5, 5.41) is 3.14. The lowest BCUT2D eigenvalue weighted by Gasteiger charge is -2.14. The number of benzene rings is 2. The molecule has 0 bridgehead atoms. The Morgan fingerprint density at radius 2 is 1.60 bits per heavy atom. The Labute approximate surface area is 177 Å². The largest absolute Gasteiger partial charge is 0.496 e. The van der Waals surface area contributed by atoms with E-state index < -0.39 is 10.0 Å². The Hall–Kier alpha value is -3.33. The van der Waals surface area contributed by atoms with E-state index in [9.17, 15) is 8.42 Å². The van der Waals surface area contributed by atoms with Gasteiger partial charge in [-0.15, -0.1) is 0 Å². The predicted octanol–water partition coefficient (Wildman–Crippen LogP) is 3.71. The minimum Gasteiger partial charge on any atom is -0.496 e. The summed E-state index contributed by atoms with van der Waals surface area (Å²) in [4.78, 5) is 10.9. The molecule has 0 atom stereocenters. The number of nitrogens with zero attached hydrogens (tertiary/aromatic N) is 3. The van der Waals surface area contributed by atoms with E-state index in [1.165, 1.54) is 6.07 Å². The molecule has 0 aliphatic heterocycles. The molecule has 3 aromatic rings. The summed E-state index contributed by atoms with van der Waals surface area (Å²) < 4.78 is 33.1. The average molecular weight is 428 g/mol. The van der Waals surface area contributed by atoms with Crippen LogP contribution in [-0.4, -0.2) is 39.6 Å². The van der Waals surface area contributed by atoms with Crippen LogP contribution in [0, 0.1) is 13.8 Å². The van der Waals surface area contributed by atoms with E-state index in [4.69, 9.17) is 4.74 Å². The number of hydrogen-bond donors (Lipinski definition) is 2. The molecule has 30 heavy (non-hydrogen) atoms. The third-order valence-electron chi connectivity index (χ3n) is 4.37.